The zero-order chi connectivity index (χ0) is 16.1. The van der Waals surface area contributed by atoms with Crippen LogP contribution in [-0.2, 0) is 6.54 Å². The number of fused-ring (bicyclic) bond motifs is 1. The van der Waals surface area contributed by atoms with Crippen molar-refractivity contribution < 1.29 is 9.84 Å². The van der Waals surface area contributed by atoms with Gasteiger partial charge in [0.15, 0.2) is 0 Å². The molecule has 0 unspecified atom stereocenters. The Kier molecular flexibility index (Phi) is 4.90. The Morgan fingerprint density at radius 2 is 2.00 bits per heavy atom. The fourth-order valence-corrected chi connectivity index (χ4v) is 2.46. The highest BCUT2D eigenvalue weighted by Crippen LogP contribution is 2.24. The Morgan fingerprint density at radius 3 is 2.87 bits per heavy atom. The van der Waals surface area contributed by atoms with Gasteiger partial charge >= 0.3 is 0 Å². The number of aliphatic hydroxyl groups is 1. The molecule has 0 aliphatic carbocycles. The summed E-state index contributed by atoms with van der Waals surface area (Å²) in [7, 11) is 0. The predicted octanol–water partition coefficient (Wildman–Crippen LogP) is 3.27. The first-order chi connectivity index (χ1) is 11.3. The number of rotatable bonds is 6. The van der Waals surface area contributed by atoms with Crippen molar-refractivity contribution in [1.29, 1.82) is 0 Å². The van der Waals surface area contributed by atoms with Crippen LogP contribution in [0, 0.1) is 0 Å². The number of nitrogens with zero attached hydrogens (tertiary/aromatic N) is 2. The number of anilines is 1. The quantitative estimate of drug-likeness (QED) is 0.726. The molecule has 0 bridgehead atoms. The van der Waals surface area contributed by atoms with Gasteiger partial charge in [0, 0.05) is 22.5 Å². The Bertz CT molecular complexity index is 811. The van der Waals surface area contributed by atoms with E-state index in [1.165, 1.54) is 6.33 Å². The minimum atomic E-state index is -0.0148. The highest BCUT2D eigenvalue weighted by molar-refractivity contribution is 6.31. The lowest BCUT2D eigenvalue weighted by molar-refractivity contribution is 0.200. The van der Waals surface area contributed by atoms with E-state index in [1.807, 2.05) is 42.5 Å². The number of hydrogen-bond donors (Lipinski definition) is 2. The standard InChI is InChI=1S/C17H16ClN3O2/c18-13-5-6-14-15(9-13)20-11-21-17(14)19-10-12-3-1-2-4-16(12)23-8-7-22/h1-6,9,11,22H,7-8,10H2,(H,19,20,21). The Labute approximate surface area is 138 Å². The van der Waals surface area contributed by atoms with Crippen LogP contribution in [0.15, 0.2) is 48.8 Å². The van der Waals surface area contributed by atoms with Crippen molar-refractivity contribution in [2.45, 2.75) is 6.54 Å². The smallest absolute Gasteiger partial charge is 0.137 e. The third-order valence-electron chi connectivity index (χ3n) is 3.37. The SMILES string of the molecule is OCCOc1ccccc1CNc1ncnc2cc(Cl)ccc12. The second-order valence-electron chi connectivity index (χ2n) is 4.92. The van der Waals surface area contributed by atoms with E-state index < -0.39 is 0 Å². The second kappa shape index (κ2) is 7.26. The van der Waals surface area contributed by atoms with Crippen molar-refractivity contribution in [2.75, 3.05) is 18.5 Å². The number of hydrogen-bond acceptors (Lipinski definition) is 5. The lowest BCUT2D eigenvalue weighted by Gasteiger charge is -2.12. The highest BCUT2D eigenvalue weighted by Gasteiger charge is 2.07. The third kappa shape index (κ3) is 3.70. The van der Waals surface area contributed by atoms with E-state index in [2.05, 4.69) is 15.3 Å². The van der Waals surface area contributed by atoms with Crippen LogP contribution in [-0.4, -0.2) is 28.3 Å². The van der Waals surface area contributed by atoms with Crippen molar-refractivity contribution in [3.05, 3.63) is 59.4 Å². The molecule has 3 rings (SSSR count). The monoisotopic (exact) mass is 329 g/mol. The number of benzene rings is 2. The molecule has 2 N–H and O–H groups in total. The number of ether oxygens (including phenoxy) is 1. The van der Waals surface area contributed by atoms with Crippen molar-refractivity contribution in [3.63, 3.8) is 0 Å². The van der Waals surface area contributed by atoms with Crippen molar-refractivity contribution in [3.8, 4) is 5.75 Å². The van der Waals surface area contributed by atoms with Gasteiger partial charge < -0.3 is 15.2 Å². The molecule has 0 fully saturated rings. The fourth-order valence-electron chi connectivity index (χ4n) is 2.30. The van der Waals surface area contributed by atoms with Crippen LogP contribution in [0.4, 0.5) is 5.82 Å². The average Bonchev–Trinajstić information content (AvgIpc) is 2.58. The molecule has 3 aromatic rings. The van der Waals surface area contributed by atoms with Gasteiger partial charge in [-0.2, -0.15) is 0 Å². The maximum Gasteiger partial charge on any atom is 0.137 e. The first-order valence-electron chi connectivity index (χ1n) is 7.23. The number of aromatic nitrogens is 2. The molecule has 0 amide bonds. The van der Waals surface area contributed by atoms with Crippen molar-refractivity contribution in [1.82, 2.24) is 9.97 Å². The fraction of sp³-hybridized carbons (Fsp3) is 0.176. The molecule has 0 aliphatic heterocycles. The van der Waals surface area contributed by atoms with E-state index in [1.54, 1.807) is 0 Å². The van der Waals surface area contributed by atoms with Gasteiger partial charge in [0.25, 0.3) is 0 Å². The van der Waals surface area contributed by atoms with Crippen LogP contribution < -0.4 is 10.1 Å². The van der Waals surface area contributed by atoms with Crippen LogP contribution in [0.25, 0.3) is 10.9 Å². The van der Waals surface area contributed by atoms with Gasteiger partial charge in [0.2, 0.25) is 0 Å². The number of aliphatic hydroxyl groups excluding tert-OH is 1. The average molecular weight is 330 g/mol. The van der Waals surface area contributed by atoms with E-state index in [-0.39, 0.29) is 13.2 Å². The van der Waals surface area contributed by atoms with Crippen LogP contribution in [0.3, 0.4) is 0 Å². The molecule has 6 heteroatoms. The van der Waals surface area contributed by atoms with Crippen LogP contribution in [0.5, 0.6) is 5.75 Å². The molecule has 0 radical (unpaired) electrons. The molecule has 1 heterocycles. The molecule has 2 aromatic carbocycles. The molecular weight excluding hydrogens is 314 g/mol. The summed E-state index contributed by atoms with van der Waals surface area (Å²) < 4.78 is 5.54. The van der Waals surface area contributed by atoms with Crippen molar-refractivity contribution in [2.24, 2.45) is 0 Å². The number of halogens is 1. The summed E-state index contributed by atoms with van der Waals surface area (Å²) in [6.07, 6.45) is 1.51. The summed E-state index contributed by atoms with van der Waals surface area (Å²) in [5.41, 5.74) is 1.78. The molecule has 1 aromatic heterocycles. The molecule has 23 heavy (non-hydrogen) atoms. The summed E-state index contributed by atoms with van der Waals surface area (Å²) in [5.74, 6) is 1.49. The number of para-hydroxylation sites is 1. The highest BCUT2D eigenvalue weighted by atomic mass is 35.5. The first-order valence-corrected chi connectivity index (χ1v) is 7.61. The summed E-state index contributed by atoms with van der Waals surface area (Å²) in [6.45, 7) is 0.807. The lowest BCUT2D eigenvalue weighted by Crippen LogP contribution is -2.07. The maximum absolute atomic E-state index is 8.90. The minimum Gasteiger partial charge on any atom is -0.491 e. The van der Waals surface area contributed by atoms with E-state index in [4.69, 9.17) is 21.4 Å². The molecule has 118 valence electrons. The van der Waals surface area contributed by atoms with Gasteiger partial charge in [0.05, 0.1) is 12.1 Å². The van der Waals surface area contributed by atoms with Gasteiger partial charge in [-0.05, 0) is 24.3 Å². The maximum atomic E-state index is 8.90. The molecule has 0 aliphatic rings. The third-order valence-corrected chi connectivity index (χ3v) is 3.60. The molecule has 0 spiro atoms. The van der Waals surface area contributed by atoms with E-state index in [0.29, 0.717) is 11.6 Å². The van der Waals surface area contributed by atoms with Gasteiger partial charge in [-0.3, -0.25) is 0 Å². The molecule has 0 saturated heterocycles. The first kappa shape index (κ1) is 15.5. The molecular formula is C17H16ClN3O2. The molecule has 0 atom stereocenters. The van der Waals surface area contributed by atoms with Gasteiger partial charge in [-0.15, -0.1) is 0 Å². The zero-order valence-corrected chi connectivity index (χ0v) is 13.1. The van der Waals surface area contributed by atoms with Gasteiger partial charge in [-0.25, -0.2) is 9.97 Å². The number of nitrogens with one attached hydrogen (secondary N) is 1. The van der Waals surface area contributed by atoms with E-state index >= 15 is 0 Å². The summed E-state index contributed by atoms with van der Waals surface area (Å²) in [6, 6.07) is 13.2. The van der Waals surface area contributed by atoms with E-state index in [9.17, 15) is 0 Å². The van der Waals surface area contributed by atoms with Crippen LogP contribution in [0.2, 0.25) is 5.02 Å². The van der Waals surface area contributed by atoms with Gasteiger partial charge in [-0.1, -0.05) is 29.8 Å². The normalized spacial score (nSPS) is 10.7. The lowest BCUT2D eigenvalue weighted by atomic mass is 10.2. The molecule has 0 saturated carbocycles. The largest absolute Gasteiger partial charge is 0.491 e. The van der Waals surface area contributed by atoms with Gasteiger partial charge in [0.1, 0.15) is 24.5 Å². The molecule has 5 nitrogen and oxygen atoms in total. The van der Waals surface area contributed by atoms with Crippen LogP contribution in [0.1, 0.15) is 5.56 Å². The summed E-state index contributed by atoms with van der Waals surface area (Å²) >= 11 is 6.00. The zero-order valence-electron chi connectivity index (χ0n) is 12.4. The van der Waals surface area contributed by atoms with E-state index in [0.717, 1.165) is 28.0 Å². The summed E-state index contributed by atoms with van der Waals surface area (Å²) in [5, 5.41) is 13.8. The second-order valence-corrected chi connectivity index (χ2v) is 5.35. The van der Waals surface area contributed by atoms with Crippen LogP contribution >= 0.6 is 11.6 Å². The topological polar surface area (TPSA) is 67.3 Å². The minimum absolute atomic E-state index is 0.0148. The Morgan fingerprint density at radius 1 is 1.13 bits per heavy atom. The predicted molar refractivity (Wildman–Crippen MR) is 90.9 cm³/mol. The Balaban J connectivity index is 1.81. The van der Waals surface area contributed by atoms with Crippen molar-refractivity contribution >= 4 is 28.3 Å². The Hall–Kier alpha value is -2.37. The summed E-state index contributed by atoms with van der Waals surface area (Å²) in [4.78, 5) is 8.53.